The minimum Gasteiger partial charge on any atom is -0.0843 e. The minimum atomic E-state index is 0.159. The quantitative estimate of drug-likeness (QED) is 0.252. The Morgan fingerprint density at radius 3 is 1.38 bits per heavy atom. The first kappa shape index (κ1) is 23.1. The van der Waals surface area contributed by atoms with E-state index in [1.165, 1.54) is 70.2 Å². The summed E-state index contributed by atoms with van der Waals surface area (Å²) in [7, 11) is 0. The van der Waals surface area contributed by atoms with Gasteiger partial charge in [0.1, 0.15) is 0 Å². The average molecular weight is 520 g/mol. The summed E-state index contributed by atoms with van der Waals surface area (Å²) in [5.41, 5.74) is 14.1. The minimum absolute atomic E-state index is 0.159. The number of hydrogen-bond donors (Lipinski definition) is 0. The highest BCUT2D eigenvalue weighted by Gasteiger charge is 2.43. The van der Waals surface area contributed by atoms with Crippen molar-refractivity contribution in [2.24, 2.45) is 5.41 Å². The SMILES string of the molecule is Clc1ccc(-c2cccc3c2C=C(C2(C4=Cc5c(cccc5-c5ccc(Cl)cc5)C4)CCCC2)C3)cc1. The summed E-state index contributed by atoms with van der Waals surface area (Å²) in [6.07, 6.45) is 12.3. The van der Waals surface area contributed by atoms with Crippen LogP contribution in [0.5, 0.6) is 0 Å². The number of hydrogen-bond acceptors (Lipinski definition) is 0. The van der Waals surface area contributed by atoms with Crippen LogP contribution in [0.25, 0.3) is 34.4 Å². The van der Waals surface area contributed by atoms with Gasteiger partial charge in [-0.3, -0.25) is 0 Å². The maximum absolute atomic E-state index is 6.19. The van der Waals surface area contributed by atoms with E-state index in [0.717, 1.165) is 22.9 Å². The Bertz CT molecular complexity index is 1450. The zero-order valence-electron chi connectivity index (χ0n) is 20.7. The third kappa shape index (κ3) is 3.90. The molecule has 0 aromatic heterocycles. The van der Waals surface area contributed by atoms with Crippen LogP contribution in [0.15, 0.2) is 96.1 Å². The second-order valence-corrected chi connectivity index (χ2v) is 11.6. The van der Waals surface area contributed by atoms with Crippen LogP contribution in [-0.4, -0.2) is 0 Å². The molecule has 4 aromatic rings. The molecular formula is C35H28Cl2. The summed E-state index contributed by atoms with van der Waals surface area (Å²) >= 11 is 12.4. The maximum atomic E-state index is 6.19. The van der Waals surface area contributed by atoms with Gasteiger partial charge in [0.25, 0.3) is 0 Å². The van der Waals surface area contributed by atoms with Crippen molar-refractivity contribution in [2.75, 3.05) is 0 Å². The summed E-state index contributed by atoms with van der Waals surface area (Å²) in [6, 6.07) is 30.1. The van der Waals surface area contributed by atoms with Gasteiger partial charge in [-0.05, 0) is 94.5 Å². The lowest BCUT2D eigenvalue weighted by atomic mass is 9.71. The van der Waals surface area contributed by atoms with Crippen LogP contribution in [0.3, 0.4) is 0 Å². The van der Waals surface area contributed by atoms with Crippen LogP contribution >= 0.6 is 23.2 Å². The molecule has 0 atom stereocenters. The van der Waals surface area contributed by atoms with E-state index in [9.17, 15) is 0 Å². The fourth-order valence-corrected chi connectivity index (χ4v) is 7.19. The van der Waals surface area contributed by atoms with Crippen molar-refractivity contribution in [3.05, 3.63) is 128 Å². The lowest BCUT2D eigenvalue weighted by Gasteiger charge is -2.33. The van der Waals surface area contributed by atoms with Gasteiger partial charge < -0.3 is 0 Å². The molecule has 182 valence electrons. The van der Waals surface area contributed by atoms with Crippen molar-refractivity contribution < 1.29 is 0 Å². The molecule has 0 amide bonds. The molecule has 0 radical (unpaired) electrons. The van der Waals surface area contributed by atoms with Gasteiger partial charge in [-0.1, -0.05) is 120 Å². The highest BCUT2D eigenvalue weighted by atomic mass is 35.5. The molecule has 1 saturated carbocycles. The smallest absolute Gasteiger partial charge is 0.0406 e. The van der Waals surface area contributed by atoms with Gasteiger partial charge in [-0.25, -0.2) is 0 Å². The van der Waals surface area contributed by atoms with Gasteiger partial charge in [0.05, 0.1) is 0 Å². The maximum Gasteiger partial charge on any atom is 0.0406 e. The topological polar surface area (TPSA) is 0 Å². The molecule has 4 aromatic carbocycles. The number of halogens is 2. The fourth-order valence-electron chi connectivity index (χ4n) is 6.94. The van der Waals surface area contributed by atoms with Gasteiger partial charge in [0.2, 0.25) is 0 Å². The van der Waals surface area contributed by atoms with Crippen LogP contribution < -0.4 is 0 Å². The number of allylic oxidation sites excluding steroid dienone is 2. The van der Waals surface area contributed by atoms with E-state index in [4.69, 9.17) is 23.2 Å². The molecule has 0 bridgehead atoms. The molecule has 2 heteroatoms. The molecule has 37 heavy (non-hydrogen) atoms. The second kappa shape index (κ2) is 9.05. The van der Waals surface area contributed by atoms with E-state index in [1.54, 1.807) is 11.1 Å². The lowest BCUT2D eigenvalue weighted by Crippen LogP contribution is -2.22. The summed E-state index contributed by atoms with van der Waals surface area (Å²) < 4.78 is 0. The molecule has 1 fully saturated rings. The van der Waals surface area contributed by atoms with Crippen molar-refractivity contribution in [3.8, 4) is 22.3 Å². The highest BCUT2D eigenvalue weighted by molar-refractivity contribution is 6.31. The molecule has 0 spiro atoms. The summed E-state index contributed by atoms with van der Waals surface area (Å²) in [5, 5.41) is 1.56. The predicted molar refractivity (Wildman–Crippen MR) is 158 cm³/mol. The molecule has 7 rings (SSSR count). The molecule has 0 N–H and O–H groups in total. The first-order valence-electron chi connectivity index (χ1n) is 13.3. The second-order valence-electron chi connectivity index (χ2n) is 10.8. The Labute approximate surface area is 229 Å². The van der Waals surface area contributed by atoms with Crippen molar-refractivity contribution in [1.29, 1.82) is 0 Å². The third-order valence-electron chi connectivity index (χ3n) is 8.79. The van der Waals surface area contributed by atoms with E-state index in [1.807, 2.05) is 24.3 Å². The molecule has 0 saturated heterocycles. The first-order chi connectivity index (χ1) is 18.1. The third-order valence-corrected chi connectivity index (χ3v) is 9.29. The number of rotatable bonds is 4. The molecule has 0 unspecified atom stereocenters. The highest BCUT2D eigenvalue weighted by Crippen LogP contribution is 2.56. The van der Waals surface area contributed by atoms with E-state index < -0.39 is 0 Å². The summed E-state index contributed by atoms with van der Waals surface area (Å²) in [6.45, 7) is 0. The van der Waals surface area contributed by atoms with E-state index in [2.05, 4.69) is 72.8 Å². The molecule has 0 nitrogen and oxygen atoms in total. The van der Waals surface area contributed by atoms with Crippen LogP contribution in [0.1, 0.15) is 47.9 Å². The van der Waals surface area contributed by atoms with Crippen molar-refractivity contribution >= 4 is 35.4 Å². The zero-order chi connectivity index (χ0) is 25.0. The Kier molecular flexibility index (Phi) is 5.65. The zero-order valence-corrected chi connectivity index (χ0v) is 22.2. The van der Waals surface area contributed by atoms with Crippen LogP contribution in [0.2, 0.25) is 10.0 Å². The summed E-state index contributed by atoms with van der Waals surface area (Å²) in [4.78, 5) is 0. The molecular weight excluding hydrogens is 491 g/mol. The van der Waals surface area contributed by atoms with E-state index in [-0.39, 0.29) is 5.41 Å². The Hall–Kier alpha value is -3.06. The Balaban J connectivity index is 1.30. The summed E-state index contributed by atoms with van der Waals surface area (Å²) in [5.74, 6) is 0. The number of fused-ring (bicyclic) bond motifs is 2. The monoisotopic (exact) mass is 518 g/mol. The average Bonchev–Trinajstić information content (AvgIpc) is 3.67. The predicted octanol–water partition coefficient (Wildman–Crippen LogP) is 10.5. The van der Waals surface area contributed by atoms with E-state index >= 15 is 0 Å². The van der Waals surface area contributed by atoms with Crippen LogP contribution in [0.4, 0.5) is 0 Å². The van der Waals surface area contributed by atoms with Crippen molar-refractivity contribution in [2.45, 2.75) is 38.5 Å². The van der Waals surface area contributed by atoms with Gasteiger partial charge in [0, 0.05) is 15.5 Å². The van der Waals surface area contributed by atoms with Crippen molar-refractivity contribution in [3.63, 3.8) is 0 Å². The van der Waals surface area contributed by atoms with Gasteiger partial charge in [-0.15, -0.1) is 0 Å². The molecule has 3 aliphatic rings. The largest absolute Gasteiger partial charge is 0.0843 e. The standard InChI is InChI=1S/C35H28Cl2/c36-29-13-9-23(10-14-29)31-7-3-5-25-19-27(21-33(25)31)35(17-1-2-18-35)28-20-26-6-4-8-32(34(26)22-28)24-11-15-30(37)16-12-24/h3-16,21-22H,1-2,17-20H2. The molecule has 3 aliphatic carbocycles. The first-order valence-corrected chi connectivity index (χ1v) is 14.0. The van der Waals surface area contributed by atoms with Crippen molar-refractivity contribution in [1.82, 2.24) is 0 Å². The van der Waals surface area contributed by atoms with Crippen LogP contribution in [-0.2, 0) is 12.8 Å². The Morgan fingerprint density at radius 1 is 0.514 bits per heavy atom. The molecule has 0 aliphatic heterocycles. The van der Waals surface area contributed by atoms with Gasteiger partial charge in [-0.2, -0.15) is 0 Å². The fraction of sp³-hybridized carbons (Fsp3) is 0.200. The van der Waals surface area contributed by atoms with E-state index in [0.29, 0.717) is 0 Å². The van der Waals surface area contributed by atoms with Gasteiger partial charge >= 0.3 is 0 Å². The normalized spacial score (nSPS) is 17.4. The Morgan fingerprint density at radius 2 is 0.946 bits per heavy atom. The van der Waals surface area contributed by atoms with Gasteiger partial charge in [0.15, 0.2) is 0 Å². The number of benzene rings is 4. The molecule has 0 heterocycles. The lowest BCUT2D eigenvalue weighted by molar-refractivity contribution is 0.437. The van der Waals surface area contributed by atoms with Crippen LogP contribution in [0, 0.1) is 5.41 Å².